The van der Waals surface area contributed by atoms with Gasteiger partial charge in [0, 0.05) is 12.0 Å². The van der Waals surface area contributed by atoms with Crippen molar-refractivity contribution in [3.05, 3.63) is 34.8 Å². The topological polar surface area (TPSA) is 48.1 Å². The smallest absolute Gasteiger partial charge is 0.134 e. The fraction of sp³-hybridized carbons (Fsp3) is 0.308. The zero-order valence-electron chi connectivity index (χ0n) is 9.59. The lowest BCUT2D eigenvalue weighted by Crippen LogP contribution is -2.15. The van der Waals surface area contributed by atoms with Crippen LogP contribution in [0.5, 0.6) is 0 Å². The van der Waals surface area contributed by atoms with E-state index in [4.69, 9.17) is 10.5 Å². The van der Waals surface area contributed by atoms with E-state index >= 15 is 0 Å². The average molecular weight is 232 g/mol. The molecule has 2 N–H and O–H groups in total. The molecule has 0 fully saturated rings. The van der Waals surface area contributed by atoms with Crippen LogP contribution in [0.3, 0.4) is 0 Å². The Bertz CT molecular complexity index is 610. The van der Waals surface area contributed by atoms with Gasteiger partial charge in [0.2, 0.25) is 0 Å². The van der Waals surface area contributed by atoms with Gasteiger partial charge < -0.3 is 10.5 Å². The number of aryl methyl sites for hydroxylation is 1. The predicted octanol–water partition coefficient (Wildman–Crippen LogP) is 2.34. The molecule has 0 unspecified atom stereocenters. The summed E-state index contributed by atoms with van der Waals surface area (Å²) >= 11 is 0. The number of nitrogens with two attached hydrogens (primary N) is 1. The van der Waals surface area contributed by atoms with Gasteiger partial charge in [0.25, 0.3) is 0 Å². The highest BCUT2D eigenvalue weighted by Crippen LogP contribution is 2.32. The number of nitrogens with zero attached hydrogens (tertiary/aromatic N) is 1. The molecular weight excluding hydrogens is 219 g/mol. The number of anilines is 1. The van der Waals surface area contributed by atoms with E-state index in [0.29, 0.717) is 29.8 Å². The molecule has 0 radical (unpaired) electrons. The maximum absolute atomic E-state index is 13.8. The van der Waals surface area contributed by atoms with E-state index in [2.05, 4.69) is 4.98 Å². The molecule has 1 aliphatic rings. The largest absolute Gasteiger partial charge is 0.398 e. The van der Waals surface area contributed by atoms with Crippen molar-refractivity contribution >= 4 is 16.6 Å². The normalized spacial score (nSPS) is 14.9. The predicted molar refractivity (Wildman–Crippen MR) is 64.2 cm³/mol. The summed E-state index contributed by atoms with van der Waals surface area (Å²) in [6.07, 6.45) is 0.741. The van der Waals surface area contributed by atoms with E-state index in [-0.39, 0.29) is 5.82 Å². The SMILES string of the molecule is Cc1ccc(F)c2c(N)c3c(nc12)CCOC3. The van der Waals surface area contributed by atoms with Crippen LogP contribution in [0, 0.1) is 12.7 Å². The van der Waals surface area contributed by atoms with Gasteiger partial charge in [-0.1, -0.05) is 6.07 Å². The molecule has 0 saturated carbocycles. The van der Waals surface area contributed by atoms with Crippen molar-refractivity contribution in [2.24, 2.45) is 0 Å². The van der Waals surface area contributed by atoms with Gasteiger partial charge >= 0.3 is 0 Å². The molecule has 4 heteroatoms. The minimum absolute atomic E-state index is 0.316. The summed E-state index contributed by atoms with van der Waals surface area (Å²) in [5.41, 5.74) is 9.92. The lowest BCUT2D eigenvalue weighted by Gasteiger charge is -2.19. The van der Waals surface area contributed by atoms with Crippen molar-refractivity contribution in [1.29, 1.82) is 0 Å². The van der Waals surface area contributed by atoms with Crippen LogP contribution in [0.1, 0.15) is 16.8 Å². The second-order valence-electron chi connectivity index (χ2n) is 4.34. The number of ether oxygens (including phenoxy) is 1. The maximum Gasteiger partial charge on any atom is 0.134 e. The third-order valence-electron chi connectivity index (χ3n) is 3.25. The highest BCUT2D eigenvalue weighted by molar-refractivity contribution is 5.94. The van der Waals surface area contributed by atoms with E-state index < -0.39 is 0 Å². The Morgan fingerprint density at radius 3 is 3.06 bits per heavy atom. The van der Waals surface area contributed by atoms with Crippen LogP contribution in [0.2, 0.25) is 0 Å². The minimum atomic E-state index is -0.316. The van der Waals surface area contributed by atoms with Crippen LogP contribution >= 0.6 is 0 Å². The Balaban J connectivity index is 2.44. The summed E-state index contributed by atoms with van der Waals surface area (Å²) < 4.78 is 19.2. The molecule has 0 aliphatic carbocycles. The maximum atomic E-state index is 13.8. The fourth-order valence-electron chi connectivity index (χ4n) is 2.29. The van der Waals surface area contributed by atoms with Crippen LogP contribution in [0.25, 0.3) is 10.9 Å². The summed E-state index contributed by atoms with van der Waals surface area (Å²) in [5.74, 6) is -0.316. The van der Waals surface area contributed by atoms with E-state index in [9.17, 15) is 4.39 Å². The Morgan fingerprint density at radius 1 is 1.41 bits per heavy atom. The number of halogens is 1. The molecule has 1 aliphatic heterocycles. The van der Waals surface area contributed by atoms with Crippen LogP contribution in [-0.4, -0.2) is 11.6 Å². The lowest BCUT2D eigenvalue weighted by molar-refractivity contribution is 0.110. The number of hydrogen-bond donors (Lipinski definition) is 1. The lowest BCUT2D eigenvalue weighted by atomic mass is 10.0. The van der Waals surface area contributed by atoms with Crippen LogP contribution in [0.15, 0.2) is 12.1 Å². The van der Waals surface area contributed by atoms with Gasteiger partial charge in [-0.15, -0.1) is 0 Å². The van der Waals surface area contributed by atoms with E-state index in [1.807, 2.05) is 6.92 Å². The van der Waals surface area contributed by atoms with Gasteiger partial charge in [-0.05, 0) is 18.6 Å². The highest BCUT2D eigenvalue weighted by atomic mass is 19.1. The van der Waals surface area contributed by atoms with E-state index in [0.717, 1.165) is 23.2 Å². The molecule has 3 rings (SSSR count). The molecule has 2 heterocycles. The molecule has 0 amide bonds. The molecule has 88 valence electrons. The first-order chi connectivity index (χ1) is 8.18. The standard InChI is InChI=1S/C13H13FN2O/c1-7-2-3-9(14)11-12(15)8-6-17-5-4-10(8)16-13(7)11/h2-3H,4-6H2,1H3,(H2,15,16). The van der Waals surface area contributed by atoms with Gasteiger partial charge in [0.05, 0.1) is 35.5 Å². The molecule has 1 aromatic carbocycles. The Kier molecular flexibility index (Phi) is 2.26. The molecule has 0 atom stereocenters. The quantitative estimate of drug-likeness (QED) is 0.758. The van der Waals surface area contributed by atoms with Crippen LogP contribution < -0.4 is 5.73 Å². The zero-order chi connectivity index (χ0) is 12.0. The number of fused-ring (bicyclic) bond motifs is 2. The summed E-state index contributed by atoms with van der Waals surface area (Å²) in [7, 11) is 0. The van der Waals surface area contributed by atoms with Crippen molar-refractivity contribution < 1.29 is 9.13 Å². The number of benzene rings is 1. The summed E-state index contributed by atoms with van der Waals surface area (Å²) in [6, 6.07) is 3.17. The monoisotopic (exact) mass is 232 g/mol. The van der Waals surface area contributed by atoms with Gasteiger partial charge in [-0.3, -0.25) is 4.98 Å². The fourth-order valence-corrected chi connectivity index (χ4v) is 2.29. The van der Waals surface area contributed by atoms with Crippen molar-refractivity contribution in [1.82, 2.24) is 4.98 Å². The number of nitrogen functional groups attached to an aromatic ring is 1. The average Bonchev–Trinajstić information content (AvgIpc) is 2.34. The first kappa shape index (κ1) is 10.5. The van der Waals surface area contributed by atoms with Gasteiger partial charge in [-0.25, -0.2) is 4.39 Å². The van der Waals surface area contributed by atoms with Crippen molar-refractivity contribution in [3.63, 3.8) is 0 Å². The number of pyridine rings is 1. The van der Waals surface area contributed by atoms with Crippen LogP contribution in [-0.2, 0) is 17.8 Å². The highest BCUT2D eigenvalue weighted by Gasteiger charge is 2.19. The first-order valence-corrected chi connectivity index (χ1v) is 5.62. The molecule has 2 aromatic rings. The number of aromatic nitrogens is 1. The third kappa shape index (κ3) is 1.48. The molecule has 17 heavy (non-hydrogen) atoms. The first-order valence-electron chi connectivity index (χ1n) is 5.62. The van der Waals surface area contributed by atoms with Gasteiger partial charge in [0.1, 0.15) is 5.82 Å². The van der Waals surface area contributed by atoms with E-state index in [1.54, 1.807) is 6.07 Å². The number of hydrogen-bond acceptors (Lipinski definition) is 3. The second kappa shape index (κ2) is 3.67. The van der Waals surface area contributed by atoms with Crippen LogP contribution in [0.4, 0.5) is 10.1 Å². The third-order valence-corrected chi connectivity index (χ3v) is 3.25. The summed E-state index contributed by atoms with van der Waals surface area (Å²) in [4.78, 5) is 4.54. The molecule has 0 bridgehead atoms. The van der Waals surface area contributed by atoms with Crippen molar-refractivity contribution in [2.45, 2.75) is 20.0 Å². The van der Waals surface area contributed by atoms with E-state index in [1.165, 1.54) is 6.07 Å². The Hall–Kier alpha value is -1.68. The van der Waals surface area contributed by atoms with Crippen molar-refractivity contribution in [3.8, 4) is 0 Å². The molecule has 0 spiro atoms. The zero-order valence-corrected chi connectivity index (χ0v) is 9.59. The molecule has 1 aromatic heterocycles. The molecule has 3 nitrogen and oxygen atoms in total. The molecule has 0 saturated heterocycles. The van der Waals surface area contributed by atoms with Crippen molar-refractivity contribution in [2.75, 3.05) is 12.3 Å². The molecular formula is C13H13FN2O. The Morgan fingerprint density at radius 2 is 2.24 bits per heavy atom. The number of rotatable bonds is 0. The summed E-state index contributed by atoms with van der Waals surface area (Å²) in [5, 5.41) is 0.425. The van der Waals surface area contributed by atoms with Gasteiger partial charge in [-0.2, -0.15) is 0 Å². The Labute approximate surface area is 98.4 Å². The summed E-state index contributed by atoms with van der Waals surface area (Å²) in [6.45, 7) is 3.00. The minimum Gasteiger partial charge on any atom is -0.398 e. The van der Waals surface area contributed by atoms with Gasteiger partial charge in [0.15, 0.2) is 0 Å². The second-order valence-corrected chi connectivity index (χ2v) is 4.34.